The average Bonchev–Trinajstić information content (AvgIpc) is 2.59. The van der Waals surface area contributed by atoms with E-state index in [1.54, 1.807) is 19.1 Å². The zero-order chi connectivity index (χ0) is 18.2. The Morgan fingerprint density at radius 3 is 2.60 bits per heavy atom. The van der Waals surface area contributed by atoms with Gasteiger partial charge in [-0.25, -0.2) is 4.98 Å². The van der Waals surface area contributed by atoms with Crippen LogP contribution in [0.3, 0.4) is 0 Å². The van der Waals surface area contributed by atoms with Crippen LogP contribution in [0.15, 0.2) is 36.5 Å². The third kappa shape index (κ3) is 5.53. The monoisotopic (exact) mass is 363 g/mol. The Kier molecular flexibility index (Phi) is 6.89. The van der Waals surface area contributed by atoms with Crippen molar-refractivity contribution in [2.75, 3.05) is 23.8 Å². The molecule has 1 aromatic carbocycles. The lowest BCUT2D eigenvalue weighted by atomic mass is 10.2. The zero-order valence-electron chi connectivity index (χ0n) is 14.5. The van der Waals surface area contributed by atoms with Gasteiger partial charge in [-0.2, -0.15) is 0 Å². The maximum atomic E-state index is 12.4. The summed E-state index contributed by atoms with van der Waals surface area (Å²) in [4.78, 5) is 16.4. The molecule has 6 nitrogen and oxygen atoms in total. The average molecular weight is 364 g/mol. The molecule has 2 aromatic rings. The Balaban J connectivity index is 2.09. The fraction of sp³-hybridized carbons (Fsp3) is 0.333. The van der Waals surface area contributed by atoms with Crippen molar-refractivity contribution in [2.24, 2.45) is 0 Å². The second-order valence-corrected chi connectivity index (χ2v) is 5.68. The number of amides is 1. The number of carbonyl (C=O) groups is 1. The predicted molar refractivity (Wildman–Crippen MR) is 99.7 cm³/mol. The van der Waals surface area contributed by atoms with Crippen molar-refractivity contribution >= 4 is 29.0 Å². The van der Waals surface area contributed by atoms with Crippen LogP contribution in [0.5, 0.6) is 11.5 Å². The standard InChI is InChI=1S/C18H22ClN3O3/c1-4-24-14-7-8-16(25-5-2)15(10-14)21-12(3)18(23)22-17-9-6-13(19)11-20-17/h6-12,21H,4-5H2,1-3H3,(H,20,22,23). The molecule has 25 heavy (non-hydrogen) atoms. The molecule has 0 saturated carbocycles. The molecule has 0 aliphatic carbocycles. The number of ether oxygens (including phenoxy) is 2. The van der Waals surface area contributed by atoms with Gasteiger partial charge in [0.15, 0.2) is 0 Å². The van der Waals surface area contributed by atoms with E-state index < -0.39 is 6.04 Å². The highest BCUT2D eigenvalue weighted by Gasteiger charge is 2.16. The molecule has 1 atom stereocenters. The first kappa shape index (κ1) is 18.9. The highest BCUT2D eigenvalue weighted by molar-refractivity contribution is 6.30. The van der Waals surface area contributed by atoms with E-state index in [4.69, 9.17) is 21.1 Å². The van der Waals surface area contributed by atoms with Crippen LogP contribution in [-0.2, 0) is 4.79 Å². The Bertz CT molecular complexity index is 707. The van der Waals surface area contributed by atoms with E-state index in [-0.39, 0.29) is 5.91 Å². The number of hydrogen-bond acceptors (Lipinski definition) is 5. The van der Waals surface area contributed by atoms with E-state index in [9.17, 15) is 4.79 Å². The zero-order valence-corrected chi connectivity index (χ0v) is 15.3. The van der Waals surface area contributed by atoms with Crippen LogP contribution in [0.2, 0.25) is 5.02 Å². The lowest BCUT2D eigenvalue weighted by Gasteiger charge is -2.18. The molecular weight excluding hydrogens is 342 g/mol. The molecule has 0 saturated heterocycles. The van der Waals surface area contributed by atoms with Gasteiger partial charge in [0.2, 0.25) is 5.91 Å². The topological polar surface area (TPSA) is 72.5 Å². The fourth-order valence-electron chi connectivity index (χ4n) is 2.14. The second kappa shape index (κ2) is 9.13. The van der Waals surface area contributed by atoms with Gasteiger partial charge in [-0.05, 0) is 45.0 Å². The molecule has 0 aliphatic rings. The van der Waals surface area contributed by atoms with Crippen LogP contribution < -0.4 is 20.1 Å². The Morgan fingerprint density at radius 2 is 1.96 bits per heavy atom. The van der Waals surface area contributed by atoms with Gasteiger partial charge >= 0.3 is 0 Å². The first-order valence-corrected chi connectivity index (χ1v) is 8.49. The van der Waals surface area contributed by atoms with E-state index in [2.05, 4.69) is 15.6 Å². The van der Waals surface area contributed by atoms with E-state index in [0.29, 0.717) is 41.2 Å². The van der Waals surface area contributed by atoms with E-state index in [1.807, 2.05) is 32.0 Å². The van der Waals surface area contributed by atoms with Gasteiger partial charge in [0.1, 0.15) is 23.4 Å². The molecule has 7 heteroatoms. The molecule has 0 fully saturated rings. The minimum Gasteiger partial charge on any atom is -0.494 e. The summed E-state index contributed by atoms with van der Waals surface area (Å²) in [5, 5.41) is 6.40. The van der Waals surface area contributed by atoms with Gasteiger partial charge in [0, 0.05) is 12.3 Å². The number of pyridine rings is 1. The number of anilines is 2. The van der Waals surface area contributed by atoms with Crippen molar-refractivity contribution in [1.82, 2.24) is 4.98 Å². The third-order valence-corrected chi connectivity index (χ3v) is 3.53. The summed E-state index contributed by atoms with van der Waals surface area (Å²) < 4.78 is 11.1. The van der Waals surface area contributed by atoms with Gasteiger partial charge in [-0.1, -0.05) is 11.6 Å². The van der Waals surface area contributed by atoms with Crippen molar-refractivity contribution in [2.45, 2.75) is 26.8 Å². The summed E-state index contributed by atoms with van der Waals surface area (Å²) in [6.07, 6.45) is 1.48. The lowest BCUT2D eigenvalue weighted by Crippen LogP contribution is -2.32. The highest BCUT2D eigenvalue weighted by atomic mass is 35.5. The highest BCUT2D eigenvalue weighted by Crippen LogP contribution is 2.30. The van der Waals surface area contributed by atoms with Crippen LogP contribution in [-0.4, -0.2) is 30.1 Å². The molecule has 0 aliphatic heterocycles. The van der Waals surface area contributed by atoms with Crippen LogP contribution in [0.4, 0.5) is 11.5 Å². The summed E-state index contributed by atoms with van der Waals surface area (Å²) in [5.41, 5.74) is 0.694. The molecule has 0 spiro atoms. The number of nitrogens with one attached hydrogen (secondary N) is 2. The summed E-state index contributed by atoms with van der Waals surface area (Å²) in [7, 11) is 0. The van der Waals surface area contributed by atoms with Gasteiger partial charge < -0.3 is 20.1 Å². The summed E-state index contributed by atoms with van der Waals surface area (Å²) in [5.74, 6) is 1.59. The number of hydrogen-bond donors (Lipinski definition) is 2. The predicted octanol–water partition coefficient (Wildman–Crippen LogP) is 3.97. The van der Waals surface area contributed by atoms with Crippen LogP contribution in [0, 0.1) is 0 Å². The Hall–Kier alpha value is -2.47. The summed E-state index contributed by atoms with van der Waals surface area (Å²) in [6.45, 7) is 6.67. The molecule has 2 rings (SSSR count). The number of halogens is 1. The molecule has 1 aromatic heterocycles. The van der Waals surface area contributed by atoms with Gasteiger partial charge in [0.05, 0.1) is 23.9 Å². The van der Waals surface area contributed by atoms with Crippen molar-refractivity contribution in [1.29, 1.82) is 0 Å². The number of benzene rings is 1. The second-order valence-electron chi connectivity index (χ2n) is 5.24. The molecule has 1 amide bonds. The third-order valence-electron chi connectivity index (χ3n) is 3.31. The number of aromatic nitrogens is 1. The molecule has 1 heterocycles. The molecule has 0 bridgehead atoms. The molecule has 0 radical (unpaired) electrons. The fourth-order valence-corrected chi connectivity index (χ4v) is 2.25. The number of carbonyl (C=O) groups excluding carboxylic acids is 1. The first-order valence-electron chi connectivity index (χ1n) is 8.12. The van der Waals surface area contributed by atoms with Crippen LogP contribution >= 0.6 is 11.6 Å². The van der Waals surface area contributed by atoms with Crippen molar-refractivity contribution in [3.8, 4) is 11.5 Å². The van der Waals surface area contributed by atoms with Crippen molar-refractivity contribution in [3.05, 3.63) is 41.6 Å². The summed E-state index contributed by atoms with van der Waals surface area (Å²) in [6, 6.07) is 8.28. The quantitative estimate of drug-likeness (QED) is 0.742. The first-order chi connectivity index (χ1) is 12.0. The largest absolute Gasteiger partial charge is 0.494 e. The minimum atomic E-state index is -0.506. The maximum absolute atomic E-state index is 12.4. The normalized spacial score (nSPS) is 11.5. The molecule has 134 valence electrons. The van der Waals surface area contributed by atoms with Gasteiger partial charge in [-0.3, -0.25) is 4.79 Å². The Morgan fingerprint density at radius 1 is 1.20 bits per heavy atom. The minimum absolute atomic E-state index is 0.223. The number of rotatable bonds is 8. The smallest absolute Gasteiger partial charge is 0.247 e. The molecular formula is C18H22ClN3O3. The SMILES string of the molecule is CCOc1ccc(OCC)c(NC(C)C(=O)Nc2ccc(Cl)cn2)c1. The van der Waals surface area contributed by atoms with Gasteiger partial charge in [-0.15, -0.1) is 0 Å². The maximum Gasteiger partial charge on any atom is 0.247 e. The van der Waals surface area contributed by atoms with Crippen LogP contribution in [0.1, 0.15) is 20.8 Å². The van der Waals surface area contributed by atoms with Gasteiger partial charge in [0.25, 0.3) is 0 Å². The molecule has 1 unspecified atom stereocenters. The van der Waals surface area contributed by atoms with Crippen molar-refractivity contribution in [3.63, 3.8) is 0 Å². The summed E-state index contributed by atoms with van der Waals surface area (Å²) >= 11 is 5.79. The molecule has 2 N–H and O–H groups in total. The van der Waals surface area contributed by atoms with E-state index >= 15 is 0 Å². The Labute approximate surface area is 152 Å². The van der Waals surface area contributed by atoms with E-state index in [0.717, 1.165) is 0 Å². The van der Waals surface area contributed by atoms with Crippen LogP contribution in [0.25, 0.3) is 0 Å². The lowest BCUT2D eigenvalue weighted by molar-refractivity contribution is -0.116. The van der Waals surface area contributed by atoms with E-state index in [1.165, 1.54) is 6.20 Å². The van der Waals surface area contributed by atoms with Crippen molar-refractivity contribution < 1.29 is 14.3 Å². The number of nitrogens with zero attached hydrogens (tertiary/aromatic N) is 1.